The fraction of sp³-hybridized carbons (Fsp3) is 0.250. The Morgan fingerprint density at radius 2 is 2.04 bits per heavy atom. The predicted molar refractivity (Wildman–Crippen MR) is 89.0 cm³/mol. The fourth-order valence-electron chi connectivity index (χ4n) is 2.04. The number of carbonyl (C=O) groups is 1. The number of aryl methyl sites for hydroxylation is 1. The number of pyridine rings is 1. The Morgan fingerprint density at radius 1 is 1.25 bits per heavy atom. The van der Waals surface area contributed by atoms with Gasteiger partial charge >= 0.3 is 0 Å². The summed E-state index contributed by atoms with van der Waals surface area (Å²) in [6, 6.07) is 9.98. The minimum Gasteiger partial charge on any atom is -0.497 e. The molecule has 0 unspecified atom stereocenters. The molecule has 0 spiro atoms. The Morgan fingerprint density at radius 3 is 2.67 bits per heavy atom. The van der Waals surface area contributed by atoms with Gasteiger partial charge in [0.2, 0.25) is 15.9 Å². The highest BCUT2D eigenvalue weighted by Crippen LogP contribution is 2.20. The Bertz CT molecular complexity index is 807. The van der Waals surface area contributed by atoms with Gasteiger partial charge in [0.1, 0.15) is 5.75 Å². The minimum absolute atomic E-state index is 0.112. The normalized spacial score (nSPS) is 11.1. The van der Waals surface area contributed by atoms with Crippen LogP contribution in [0.1, 0.15) is 11.3 Å². The molecule has 0 aliphatic rings. The number of ether oxygens (including phenoxy) is 1. The van der Waals surface area contributed by atoms with Gasteiger partial charge in [-0.15, -0.1) is 0 Å². The van der Waals surface area contributed by atoms with Crippen molar-refractivity contribution >= 4 is 15.9 Å². The number of methoxy groups -OCH3 is 1. The third kappa shape index (κ3) is 4.77. The molecule has 7 nitrogen and oxygen atoms in total. The fourth-order valence-corrected chi connectivity index (χ4v) is 3.25. The molecule has 1 aromatic heterocycles. The van der Waals surface area contributed by atoms with E-state index in [4.69, 9.17) is 4.74 Å². The molecule has 2 rings (SSSR count). The average Bonchev–Trinajstić information content (AvgIpc) is 2.58. The lowest BCUT2D eigenvalue weighted by atomic mass is 10.2. The zero-order valence-corrected chi connectivity index (χ0v) is 14.3. The molecule has 2 N–H and O–H groups in total. The second-order valence-corrected chi connectivity index (χ2v) is 6.79. The van der Waals surface area contributed by atoms with Crippen LogP contribution in [0.3, 0.4) is 0 Å². The van der Waals surface area contributed by atoms with Crippen LogP contribution in [0.25, 0.3) is 0 Å². The minimum atomic E-state index is -3.78. The quantitative estimate of drug-likeness (QED) is 0.777. The summed E-state index contributed by atoms with van der Waals surface area (Å²) in [7, 11) is -2.27. The number of hydrogen-bond donors (Lipinski definition) is 2. The van der Waals surface area contributed by atoms with E-state index in [1.807, 2.05) is 6.07 Å². The number of nitrogens with one attached hydrogen (secondary N) is 2. The summed E-state index contributed by atoms with van der Waals surface area (Å²) in [5.41, 5.74) is 1.23. The molecule has 1 amide bonds. The van der Waals surface area contributed by atoms with Gasteiger partial charge in [-0.05, 0) is 42.8 Å². The van der Waals surface area contributed by atoms with Gasteiger partial charge in [-0.25, -0.2) is 13.1 Å². The number of hydrogen-bond acceptors (Lipinski definition) is 5. The van der Waals surface area contributed by atoms with Gasteiger partial charge in [-0.2, -0.15) is 0 Å². The van der Waals surface area contributed by atoms with Crippen molar-refractivity contribution in [3.05, 3.63) is 53.9 Å². The van der Waals surface area contributed by atoms with Crippen LogP contribution in [0.5, 0.6) is 5.75 Å². The maximum Gasteiger partial charge on any atom is 0.241 e. The third-order valence-corrected chi connectivity index (χ3v) is 4.85. The Labute approximate surface area is 141 Å². The van der Waals surface area contributed by atoms with Gasteiger partial charge in [0.15, 0.2) is 0 Å². The number of amides is 1. The topological polar surface area (TPSA) is 97.4 Å². The van der Waals surface area contributed by atoms with Gasteiger partial charge < -0.3 is 10.1 Å². The molecular weight excluding hydrogens is 330 g/mol. The summed E-state index contributed by atoms with van der Waals surface area (Å²) in [4.78, 5) is 16.0. The van der Waals surface area contributed by atoms with Crippen molar-refractivity contribution in [3.63, 3.8) is 0 Å². The van der Waals surface area contributed by atoms with Crippen LogP contribution in [0.4, 0.5) is 0 Å². The summed E-state index contributed by atoms with van der Waals surface area (Å²) >= 11 is 0. The van der Waals surface area contributed by atoms with Gasteiger partial charge in [-0.1, -0.05) is 6.07 Å². The lowest BCUT2D eigenvalue weighted by Crippen LogP contribution is -2.36. The van der Waals surface area contributed by atoms with Crippen molar-refractivity contribution in [2.45, 2.75) is 18.4 Å². The molecule has 0 saturated heterocycles. The van der Waals surface area contributed by atoms with E-state index in [-0.39, 0.29) is 18.0 Å². The Balaban J connectivity index is 1.93. The molecule has 0 radical (unpaired) electrons. The van der Waals surface area contributed by atoms with Gasteiger partial charge in [-0.3, -0.25) is 9.78 Å². The first-order chi connectivity index (χ1) is 11.4. The SMILES string of the molecule is COc1ccc(S(=O)(=O)NCC(=O)NCc2ccccn2)c(C)c1. The second-order valence-electron chi connectivity index (χ2n) is 5.05. The number of aromatic nitrogens is 1. The first kappa shape index (κ1) is 17.9. The maximum atomic E-state index is 12.3. The Kier molecular flexibility index (Phi) is 5.88. The van der Waals surface area contributed by atoms with E-state index in [0.717, 1.165) is 0 Å². The van der Waals surface area contributed by atoms with Crippen molar-refractivity contribution in [1.82, 2.24) is 15.0 Å². The summed E-state index contributed by atoms with van der Waals surface area (Å²) in [6.07, 6.45) is 1.62. The third-order valence-electron chi connectivity index (χ3n) is 3.29. The van der Waals surface area contributed by atoms with Gasteiger partial charge in [0.05, 0.1) is 30.8 Å². The van der Waals surface area contributed by atoms with Crippen LogP contribution in [0, 0.1) is 6.92 Å². The number of carbonyl (C=O) groups excluding carboxylic acids is 1. The van der Waals surface area contributed by atoms with E-state index in [2.05, 4.69) is 15.0 Å². The van der Waals surface area contributed by atoms with Crippen LogP contribution >= 0.6 is 0 Å². The van der Waals surface area contributed by atoms with Crippen LogP contribution in [-0.4, -0.2) is 33.0 Å². The Hall–Kier alpha value is -2.45. The van der Waals surface area contributed by atoms with Crippen molar-refractivity contribution in [3.8, 4) is 5.75 Å². The lowest BCUT2D eigenvalue weighted by Gasteiger charge is -2.10. The largest absolute Gasteiger partial charge is 0.497 e. The zero-order valence-electron chi connectivity index (χ0n) is 13.4. The van der Waals surface area contributed by atoms with Gasteiger partial charge in [0, 0.05) is 6.20 Å². The summed E-state index contributed by atoms with van der Waals surface area (Å²) in [6.45, 7) is 1.56. The average molecular weight is 349 g/mol. The number of nitrogens with zero attached hydrogens (tertiary/aromatic N) is 1. The molecule has 0 bridgehead atoms. The monoisotopic (exact) mass is 349 g/mol. The van der Waals surface area contributed by atoms with Crippen LogP contribution in [0.2, 0.25) is 0 Å². The molecule has 2 aromatic rings. The molecule has 8 heteroatoms. The highest BCUT2D eigenvalue weighted by Gasteiger charge is 2.18. The van der Waals surface area contributed by atoms with Crippen LogP contribution in [-0.2, 0) is 21.4 Å². The molecule has 0 aliphatic heterocycles. The van der Waals surface area contributed by atoms with Crippen molar-refractivity contribution in [1.29, 1.82) is 0 Å². The smallest absolute Gasteiger partial charge is 0.241 e. The number of rotatable bonds is 7. The molecular formula is C16H19N3O4S. The first-order valence-electron chi connectivity index (χ1n) is 7.23. The molecule has 0 aliphatic carbocycles. The standard InChI is InChI=1S/C16H19N3O4S/c1-12-9-14(23-2)6-7-15(12)24(21,22)19-11-16(20)18-10-13-5-3-4-8-17-13/h3-9,19H,10-11H2,1-2H3,(H,18,20). The number of sulfonamides is 1. The highest BCUT2D eigenvalue weighted by atomic mass is 32.2. The molecule has 0 atom stereocenters. The molecule has 1 aromatic carbocycles. The van der Waals surface area contributed by atoms with Crippen molar-refractivity contribution in [2.75, 3.05) is 13.7 Å². The summed E-state index contributed by atoms with van der Waals surface area (Å²) in [5.74, 6) is 0.134. The zero-order chi connectivity index (χ0) is 17.6. The van der Waals surface area contributed by atoms with E-state index in [0.29, 0.717) is 17.0 Å². The number of benzene rings is 1. The lowest BCUT2D eigenvalue weighted by molar-refractivity contribution is -0.120. The maximum absolute atomic E-state index is 12.3. The second kappa shape index (κ2) is 7.89. The van der Waals surface area contributed by atoms with E-state index >= 15 is 0 Å². The van der Waals surface area contributed by atoms with Crippen LogP contribution in [0.15, 0.2) is 47.5 Å². The van der Waals surface area contributed by atoms with E-state index < -0.39 is 15.9 Å². The summed E-state index contributed by atoms with van der Waals surface area (Å²) < 4.78 is 31.9. The van der Waals surface area contributed by atoms with Crippen molar-refractivity contribution in [2.24, 2.45) is 0 Å². The predicted octanol–water partition coefficient (Wildman–Crippen LogP) is 0.993. The summed E-state index contributed by atoms with van der Waals surface area (Å²) in [5, 5.41) is 2.61. The van der Waals surface area contributed by atoms with Crippen LogP contribution < -0.4 is 14.8 Å². The molecule has 128 valence electrons. The van der Waals surface area contributed by atoms with Crippen molar-refractivity contribution < 1.29 is 17.9 Å². The van der Waals surface area contributed by atoms with E-state index in [1.54, 1.807) is 37.4 Å². The van der Waals surface area contributed by atoms with E-state index in [1.165, 1.54) is 13.2 Å². The first-order valence-corrected chi connectivity index (χ1v) is 8.71. The van der Waals surface area contributed by atoms with E-state index in [9.17, 15) is 13.2 Å². The van der Waals surface area contributed by atoms with Gasteiger partial charge in [0.25, 0.3) is 0 Å². The highest BCUT2D eigenvalue weighted by molar-refractivity contribution is 7.89. The molecule has 0 saturated carbocycles. The molecule has 0 fully saturated rings. The molecule has 1 heterocycles. The molecule has 24 heavy (non-hydrogen) atoms.